The van der Waals surface area contributed by atoms with Crippen LogP contribution in [0.1, 0.15) is 24.0 Å². The van der Waals surface area contributed by atoms with E-state index in [4.69, 9.17) is 5.73 Å². The Hall–Kier alpha value is -1.98. The highest BCUT2D eigenvalue weighted by Crippen LogP contribution is 2.43. The largest absolute Gasteiger partial charge is 0.361 e. The normalized spacial score (nSPS) is 19.3. The van der Waals surface area contributed by atoms with Crippen LogP contribution in [0.2, 0.25) is 0 Å². The lowest BCUT2D eigenvalue weighted by atomic mass is 9.89. The average molecular weight is 386 g/mol. The van der Waals surface area contributed by atoms with Crippen LogP contribution in [0, 0.1) is 0 Å². The molecule has 3 rings (SSSR count). The molecule has 0 amide bonds. The summed E-state index contributed by atoms with van der Waals surface area (Å²) in [6, 6.07) is 17.3. The molecule has 5 heteroatoms. The molecule has 2 aromatic carbocycles. The van der Waals surface area contributed by atoms with Crippen molar-refractivity contribution in [3.63, 3.8) is 0 Å². The zero-order valence-corrected chi connectivity index (χ0v) is 17.0. The van der Waals surface area contributed by atoms with E-state index in [0.29, 0.717) is 5.92 Å². The predicted molar refractivity (Wildman–Crippen MR) is 116 cm³/mol. The number of nitrogens with zero attached hydrogens (tertiary/aromatic N) is 2. The van der Waals surface area contributed by atoms with Gasteiger partial charge in [-0.05, 0) is 48.7 Å². The summed E-state index contributed by atoms with van der Waals surface area (Å²) in [5.41, 5.74) is 10.4. The predicted octanol–water partition coefficient (Wildman–Crippen LogP) is 4.75. The molecular weight excluding hydrogens is 357 g/mol. The van der Waals surface area contributed by atoms with Gasteiger partial charge in [0.1, 0.15) is 5.83 Å². The maximum absolute atomic E-state index is 14.2. The van der Waals surface area contributed by atoms with E-state index in [-0.39, 0.29) is 25.0 Å². The first-order valence-electron chi connectivity index (χ1n) is 9.32. The Labute approximate surface area is 166 Å². The molecule has 27 heavy (non-hydrogen) atoms. The molecule has 2 N–H and O–H groups in total. The van der Waals surface area contributed by atoms with Gasteiger partial charge in [0.2, 0.25) is 0 Å². The first kappa shape index (κ1) is 19.8. The molecule has 0 fully saturated rings. The van der Waals surface area contributed by atoms with Gasteiger partial charge in [-0.15, -0.1) is 0 Å². The van der Waals surface area contributed by atoms with E-state index in [1.54, 1.807) is 11.9 Å². The second-order valence-electron chi connectivity index (χ2n) is 6.97. The summed E-state index contributed by atoms with van der Waals surface area (Å²) in [5.74, 6) is 0.181. The lowest BCUT2D eigenvalue weighted by Gasteiger charge is -2.27. The SMILES string of the molecule is CSN(C)c1ccc(CC2c3ccccc3N(C/C(F)=C/CN)C2C)cc1. The Balaban J connectivity index is 1.82. The number of hydrogen-bond acceptors (Lipinski definition) is 4. The second-order valence-corrected chi connectivity index (χ2v) is 7.88. The zero-order valence-electron chi connectivity index (χ0n) is 16.2. The molecule has 3 nitrogen and oxygen atoms in total. The number of nitrogens with two attached hydrogens (primary N) is 1. The minimum Gasteiger partial charge on any atom is -0.361 e. The van der Waals surface area contributed by atoms with Crippen molar-refractivity contribution in [1.29, 1.82) is 0 Å². The quantitative estimate of drug-likeness (QED) is 0.697. The maximum atomic E-state index is 14.2. The summed E-state index contributed by atoms with van der Waals surface area (Å²) in [7, 11) is 2.07. The fraction of sp³-hybridized carbons (Fsp3) is 0.364. The smallest absolute Gasteiger partial charge is 0.116 e. The van der Waals surface area contributed by atoms with Crippen molar-refractivity contribution in [2.75, 3.05) is 35.6 Å². The highest BCUT2D eigenvalue weighted by atomic mass is 32.2. The Morgan fingerprint density at radius 1 is 1.22 bits per heavy atom. The standard InChI is InChI=1S/C22H28FN3S/c1-16-21(14-17-8-10-19(11-9-17)25(2)27-3)20-6-4-5-7-22(20)26(16)15-18(23)12-13-24/h4-12,16,21H,13-15,24H2,1-3H3/b18-12-. The van der Waals surface area contributed by atoms with Crippen LogP contribution in [0.5, 0.6) is 0 Å². The van der Waals surface area contributed by atoms with Crippen LogP contribution >= 0.6 is 11.9 Å². The van der Waals surface area contributed by atoms with Crippen molar-refractivity contribution in [3.05, 3.63) is 71.6 Å². The summed E-state index contributed by atoms with van der Waals surface area (Å²) in [4.78, 5) is 2.16. The monoisotopic (exact) mass is 385 g/mol. The molecule has 2 unspecified atom stereocenters. The first-order chi connectivity index (χ1) is 13.0. The molecule has 0 aromatic heterocycles. The molecule has 144 valence electrons. The van der Waals surface area contributed by atoms with Crippen LogP contribution in [-0.2, 0) is 6.42 Å². The van der Waals surface area contributed by atoms with Crippen LogP contribution in [0.3, 0.4) is 0 Å². The van der Waals surface area contributed by atoms with Gasteiger partial charge >= 0.3 is 0 Å². The van der Waals surface area contributed by atoms with Crippen molar-refractivity contribution in [2.45, 2.75) is 25.3 Å². The van der Waals surface area contributed by atoms with Gasteiger partial charge in [0.05, 0.1) is 6.54 Å². The highest BCUT2D eigenvalue weighted by molar-refractivity contribution is 7.99. The van der Waals surface area contributed by atoms with Crippen molar-refractivity contribution >= 4 is 23.3 Å². The van der Waals surface area contributed by atoms with Gasteiger partial charge in [-0.25, -0.2) is 4.39 Å². The van der Waals surface area contributed by atoms with Gasteiger partial charge in [0.15, 0.2) is 0 Å². The molecule has 0 bridgehead atoms. The molecule has 1 aliphatic heterocycles. The Bertz CT molecular complexity index is 790. The topological polar surface area (TPSA) is 32.5 Å². The summed E-state index contributed by atoms with van der Waals surface area (Å²) < 4.78 is 16.3. The minimum absolute atomic E-state index is 0.163. The van der Waals surface area contributed by atoms with E-state index in [2.05, 4.69) is 71.9 Å². The van der Waals surface area contributed by atoms with E-state index < -0.39 is 0 Å². The van der Waals surface area contributed by atoms with Crippen LogP contribution in [-0.4, -0.2) is 32.4 Å². The Kier molecular flexibility index (Phi) is 6.45. The van der Waals surface area contributed by atoms with Gasteiger partial charge < -0.3 is 14.9 Å². The summed E-state index contributed by atoms with van der Waals surface area (Å²) in [5, 5.41) is 0. The summed E-state index contributed by atoms with van der Waals surface area (Å²) >= 11 is 1.69. The van der Waals surface area contributed by atoms with E-state index >= 15 is 0 Å². The van der Waals surface area contributed by atoms with Gasteiger partial charge in [0.25, 0.3) is 0 Å². The number of fused-ring (bicyclic) bond motifs is 1. The third-order valence-electron chi connectivity index (χ3n) is 5.41. The molecule has 1 heterocycles. The van der Waals surface area contributed by atoms with Crippen LogP contribution < -0.4 is 14.9 Å². The lowest BCUT2D eigenvalue weighted by Crippen LogP contribution is -2.33. The number of benzene rings is 2. The van der Waals surface area contributed by atoms with Crippen molar-refractivity contribution in [2.24, 2.45) is 5.73 Å². The average Bonchev–Trinajstić information content (AvgIpc) is 2.94. The van der Waals surface area contributed by atoms with Gasteiger partial charge in [0, 0.05) is 43.2 Å². The molecular formula is C22H28FN3S. The minimum atomic E-state index is -0.163. The molecule has 0 spiro atoms. The van der Waals surface area contributed by atoms with Crippen molar-refractivity contribution in [1.82, 2.24) is 0 Å². The van der Waals surface area contributed by atoms with E-state index in [9.17, 15) is 4.39 Å². The van der Waals surface area contributed by atoms with E-state index in [0.717, 1.165) is 12.1 Å². The van der Waals surface area contributed by atoms with Gasteiger partial charge in [-0.3, -0.25) is 0 Å². The summed E-state index contributed by atoms with van der Waals surface area (Å²) in [6.07, 6.45) is 4.47. The molecule has 2 atom stereocenters. The molecule has 0 radical (unpaired) electrons. The van der Waals surface area contributed by atoms with Crippen LogP contribution in [0.25, 0.3) is 0 Å². The Morgan fingerprint density at radius 2 is 1.93 bits per heavy atom. The second kappa shape index (κ2) is 8.81. The number of para-hydroxylation sites is 1. The number of hydrogen-bond donors (Lipinski definition) is 1. The lowest BCUT2D eigenvalue weighted by molar-refractivity contribution is 0.531. The van der Waals surface area contributed by atoms with Crippen molar-refractivity contribution in [3.8, 4) is 0 Å². The molecule has 2 aromatic rings. The molecule has 1 aliphatic rings. The van der Waals surface area contributed by atoms with Crippen LogP contribution in [0.15, 0.2) is 60.4 Å². The van der Waals surface area contributed by atoms with Crippen molar-refractivity contribution < 1.29 is 4.39 Å². The van der Waals surface area contributed by atoms with Gasteiger partial charge in [-0.2, -0.15) is 0 Å². The Morgan fingerprint density at radius 3 is 2.59 bits per heavy atom. The highest BCUT2D eigenvalue weighted by Gasteiger charge is 2.35. The third kappa shape index (κ3) is 4.30. The fourth-order valence-electron chi connectivity index (χ4n) is 3.83. The number of rotatable bonds is 7. The number of halogens is 1. The van der Waals surface area contributed by atoms with E-state index in [1.807, 2.05) is 6.07 Å². The molecule has 0 saturated heterocycles. The third-order valence-corrected chi connectivity index (χ3v) is 6.17. The number of anilines is 2. The first-order valence-corrected chi connectivity index (χ1v) is 10.5. The van der Waals surface area contributed by atoms with Crippen LogP contribution in [0.4, 0.5) is 15.8 Å². The molecule has 0 aliphatic carbocycles. The zero-order chi connectivity index (χ0) is 19.4. The molecule has 0 saturated carbocycles. The van der Waals surface area contributed by atoms with E-state index in [1.165, 1.54) is 22.9 Å². The van der Waals surface area contributed by atoms with Gasteiger partial charge in [-0.1, -0.05) is 42.3 Å². The maximum Gasteiger partial charge on any atom is 0.116 e. The fourth-order valence-corrected chi connectivity index (χ4v) is 4.16. The summed E-state index contributed by atoms with van der Waals surface area (Å²) in [6.45, 7) is 2.70.